The van der Waals surface area contributed by atoms with Crippen molar-refractivity contribution in [2.75, 3.05) is 0 Å². The zero-order chi connectivity index (χ0) is 14.5. The first kappa shape index (κ1) is 13.3. The first-order valence-electron chi connectivity index (χ1n) is 5.47. The Bertz CT molecular complexity index is 640. The van der Waals surface area contributed by atoms with Crippen LogP contribution in [0.2, 0.25) is 0 Å². The van der Waals surface area contributed by atoms with Crippen LogP contribution >= 0.6 is 0 Å². The zero-order valence-corrected chi connectivity index (χ0v) is 10.0. The molecule has 8 nitrogen and oxygen atoms in total. The molecule has 0 atom stereocenters. The summed E-state index contributed by atoms with van der Waals surface area (Å²) in [6.07, 6.45) is 0. The standard InChI is InChI=1S/C12H8N4O4/c17-15(18)11-5-1-3-9(7-11)13-14-10-4-2-6-12(8-10)16(19)20/h1-8H. The van der Waals surface area contributed by atoms with Crippen LogP contribution in [0.1, 0.15) is 0 Å². The molecule has 0 aliphatic rings. The molecule has 0 aliphatic heterocycles. The molecule has 20 heavy (non-hydrogen) atoms. The third kappa shape index (κ3) is 3.19. The van der Waals surface area contributed by atoms with Crippen molar-refractivity contribution in [2.45, 2.75) is 0 Å². The summed E-state index contributed by atoms with van der Waals surface area (Å²) in [5.74, 6) is 0. The number of hydrogen-bond acceptors (Lipinski definition) is 6. The number of azo groups is 1. The van der Waals surface area contributed by atoms with Crippen LogP contribution in [0.4, 0.5) is 22.7 Å². The highest BCUT2D eigenvalue weighted by molar-refractivity contribution is 5.49. The molecule has 0 amide bonds. The molecule has 0 N–H and O–H groups in total. The van der Waals surface area contributed by atoms with Gasteiger partial charge in [0.05, 0.1) is 21.2 Å². The molecule has 0 unspecified atom stereocenters. The van der Waals surface area contributed by atoms with Gasteiger partial charge in [0.2, 0.25) is 0 Å². The first-order valence-corrected chi connectivity index (χ1v) is 5.47. The average Bonchev–Trinajstić information content (AvgIpc) is 2.45. The molecular formula is C12H8N4O4. The van der Waals surface area contributed by atoms with E-state index in [1.54, 1.807) is 12.1 Å². The first-order chi connectivity index (χ1) is 9.56. The Morgan fingerprint density at radius 3 is 1.50 bits per heavy atom. The summed E-state index contributed by atoms with van der Waals surface area (Å²) >= 11 is 0. The molecule has 2 aromatic carbocycles. The highest BCUT2D eigenvalue weighted by atomic mass is 16.6. The van der Waals surface area contributed by atoms with E-state index in [1.165, 1.54) is 36.4 Å². The summed E-state index contributed by atoms with van der Waals surface area (Å²) < 4.78 is 0. The van der Waals surface area contributed by atoms with Crippen LogP contribution in [0.3, 0.4) is 0 Å². The van der Waals surface area contributed by atoms with Gasteiger partial charge in [-0.15, -0.1) is 0 Å². The maximum absolute atomic E-state index is 10.6. The second kappa shape index (κ2) is 5.65. The number of non-ortho nitro benzene ring substituents is 2. The molecule has 100 valence electrons. The van der Waals surface area contributed by atoms with Crippen LogP contribution < -0.4 is 0 Å². The average molecular weight is 272 g/mol. The number of nitro groups is 2. The highest BCUT2D eigenvalue weighted by Gasteiger charge is 2.06. The van der Waals surface area contributed by atoms with Gasteiger partial charge in [0.25, 0.3) is 11.4 Å². The van der Waals surface area contributed by atoms with Gasteiger partial charge in [-0.25, -0.2) is 0 Å². The second-order valence-electron chi connectivity index (χ2n) is 3.75. The van der Waals surface area contributed by atoms with E-state index in [1.807, 2.05) is 0 Å². The quantitative estimate of drug-likeness (QED) is 0.477. The van der Waals surface area contributed by atoms with Crippen LogP contribution in [-0.4, -0.2) is 9.85 Å². The molecule has 2 rings (SSSR count). The molecule has 0 aromatic heterocycles. The maximum atomic E-state index is 10.6. The molecule has 0 saturated carbocycles. The van der Waals surface area contributed by atoms with Crippen molar-refractivity contribution in [2.24, 2.45) is 10.2 Å². The topological polar surface area (TPSA) is 111 Å². The lowest BCUT2D eigenvalue weighted by molar-refractivity contribution is -0.385. The van der Waals surface area contributed by atoms with Crippen LogP contribution in [-0.2, 0) is 0 Å². The Hall–Kier alpha value is -3.16. The van der Waals surface area contributed by atoms with E-state index in [-0.39, 0.29) is 11.4 Å². The third-order valence-corrected chi connectivity index (χ3v) is 2.36. The molecule has 0 aliphatic carbocycles. The van der Waals surface area contributed by atoms with Gasteiger partial charge in [-0.2, -0.15) is 10.2 Å². The number of hydrogen-bond donors (Lipinski definition) is 0. The fraction of sp³-hybridized carbons (Fsp3) is 0. The molecule has 0 fully saturated rings. The summed E-state index contributed by atoms with van der Waals surface area (Å²) in [4.78, 5) is 20.1. The van der Waals surface area contributed by atoms with Crippen LogP contribution in [0, 0.1) is 20.2 Å². The molecule has 2 aromatic rings. The van der Waals surface area contributed by atoms with Gasteiger partial charge in [0.15, 0.2) is 0 Å². The van der Waals surface area contributed by atoms with E-state index >= 15 is 0 Å². The minimum atomic E-state index is -0.535. The molecular weight excluding hydrogens is 264 g/mol. The molecule has 0 saturated heterocycles. The predicted octanol–water partition coefficient (Wildman–Crippen LogP) is 3.92. The van der Waals surface area contributed by atoms with Gasteiger partial charge < -0.3 is 0 Å². The minimum Gasteiger partial charge on any atom is -0.258 e. The Balaban J connectivity index is 2.25. The highest BCUT2D eigenvalue weighted by Crippen LogP contribution is 2.24. The van der Waals surface area contributed by atoms with Crippen LogP contribution in [0.5, 0.6) is 0 Å². The van der Waals surface area contributed by atoms with Crippen LogP contribution in [0.25, 0.3) is 0 Å². The van der Waals surface area contributed by atoms with Gasteiger partial charge in [-0.05, 0) is 12.1 Å². The maximum Gasteiger partial charge on any atom is 0.271 e. The molecule has 8 heteroatoms. The third-order valence-electron chi connectivity index (χ3n) is 2.36. The Labute approximate surface area is 112 Å². The molecule has 0 bridgehead atoms. The fourth-order valence-corrected chi connectivity index (χ4v) is 1.45. The Kier molecular flexibility index (Phi) is 3.75. The number of nitro benzene ring substituents is 2. The van der Waals surface area contributed by atoms with E-state index in [4.69, 9.17) is 0 Å². The van der Waals surface area contributed by atoms with Crippen molar-refractivity contribution in [3.63, 3.8) is 0 Å². The van der Waals surface area contributed by atoms with Gasteiger partial charge in [0.1, 0.15) is 0 Å². The van der Waals surface area contributed by atoms with E-state index in [9.17, 15) is 20.2 Å². The molecule has 0 radical (unpaired) electrons. The molecule has 0 spiro atoms. The van der Waals surface area contributed by atoms with E-state index in [2.05, 4.69) is 10.2 Å². The van der Waals surface area contributed by atoms with Crippen molar-refractivity contribution >= 4 is 22.7 Å². The molecule has 0 heterocycles. The Morgan fingerprint density at radius 1 is 0.750 bits per heavy atom. The predicted molar refractivity (Wildman–Crippen MR) is 70.4 cm³/mol. The number of rotatable bonds is 4. The van der Waals surface area contributed by atoms with Gasteiger partial charge in [-0.1, -0.05) is 12.1 Å². The smallest absolute Gasteiger partial charge is 0.258 e. The fourth-order valence-electron chi connectivity index (χ4n) is 1.45. The van der Waals surface area contributed by atoms with Crippen LogP contribution in [0.15, 0.2) is 58.8 Å². The van der Waals surface area contributed by atoms with Crippen molar-refractivity contribution in [1.82, 2.24) is 0 Å². The lowest BCUT2D eigenvalue weighted by Gasteiger charge is -1.95. The monoisotopic (exact) mass is 272 g/mol. The second-order valence-corrected chi connectivity index (χ2v) is 3.75. The number of benzene rings is 2. The van der Waals surface area contributed by atoms with E-state index in [0.717, 1.165) is 0 Å². The normalized spacial score (nSPS) is 10.6. The summed E-state index contributed by atoms with van der Waals surface area (Å²) in [5, 5.41) is 28.8. The van der Waals surface area contributed by atoms with Gasteiger partial charge >= 0.3 is 0 Å². The van der Waals surface area contributed by atoms with E-state index in [0.29, 0.717) is 11.4 Å². The lowest BCUT2D eigenvalue weighted by atomic mass is 10.3. The summed E-state index contributed by atoms with van der Waals surface area (Å²) in [7, 11) is 0. The van der Waals surface area contributed by atoms with Crippen molar-refractivity contribution in [3.05, 3.63) is 68.8 Å². The zero-order valence-electron chi connectivity index (χ0n) is 10.0. The van der Waals surface area contributed by atoms with Gasteiger partial charge in [-0.3, -0.25) is 20.2 Å². The largest absolute Gasteiger partial charge is 0.271 e. The summed E-state index contributed by atoms with van der Waals surface area (Å²) in [5.41, 5.74) is 0.400. The summed E-state index contributed by atoms with van der Waals surface area (Å²) in [6.45, 7) is 0. The Morgan fingerprint density at radius 2 is 1.15 bits per heavy atom. The SMILES string of the molecule is O=[N+]([O-])c1cccc(N=Nc2cccc([N+](=O)[O-])c2)c1. The van der Waals surface area contributed by atoms with Crippen molar-refractivity contribution in [1.29, 1.82) is 0 Å². The van der Waals surface area contributed by atoms with E-state index < -0.39 is 9.85 Å². The number of nitrogens with zero attached hydrogens (tertiary/aromatic N) is 4. The van der Waals surface area contributed by atoms with Crippen molar-refractivity contribution in [3.8, 4) is 0 Å². The lowest BCUT2D eigenvalue weighted by Crippen LogP contribution is -1.86. The van der Waals surface area contributed by atoms with Crippen molar-refractivity contribution < 1.29 is 9.85 Å². The summed E-state index contributed by atoms with van der Waals surface area (Å²) in [6, 6.07) is 11.3. The minimum absolute atomic E-state index is 0.0968. The van der Waals surface area contributed by atoms with Gasteiger partial charge in [0, 0.05) is 24.3 Å².